The number of sulfonamides is 1. The Morgan fingerprint density at radius 2 is 1.71 bits per heavy atom. The van der Waals surface area contributed by atoms with Gasteiger partial charge in [0.2, 0.25) is 0 Å². The van der Waals surface area contributed by atoms with E-state index in [-0.39, 0.29) is 53.5 Å². The number of hydrogen-bond donors (Lipinski definition) is 3. The summed E-state index contributed by atoms with van der Waals surface area (Å²) in [6, 6.07) is 22.8. The van der Waals surface area contributed by atoms with Gasteiger partial charge in [0, 0.05) is 29.9 Å². The molecule has 1 heterocycles. The fourth-order valence-corrected chi connectivity index (χ4v) is 6.45. The summed E-state index contributed by atoms with van der Waals surface area (Å²) in [7, 11) is -2.44. The lowest BCUT2D eigenvalue weighted by Gasteiger charge is -2.38. The highest BCUT2D eigenvalue weighted by atomic mass is 35.5. The molecule has 4 aromatic carbocycles. The van der Waals surface area contributed by atoms with E-state index in [2.05, 4.69) is 10.0 Å². The van der Waals surface area contributed by atoms with Gasteiger partial charge in [-0.25, -0.2) is 13.2 Å². The number of nitrogens with zero attached hydrogens (tertiary/aromatic N) is 2. The number of aliphatic hydroxyl groups excluding tert-OH is 1. The van der Waals surface area contributed by atoms with Crippen LogP contribution in [0.4, 0.5) is 16.2 Å². The minimum absolute atomic E-state index is 0.0213. The van der Waals surface area contributed by atoms with Crippen LogP contribution >= 0.6 is 11.6 Å². The Morgan fingerprint density at radius 1 is 1.04 bits per heavy atom. The molecule has 3 N–H and O–H groups in total. The molecule has 0 radical (unpaired) electrons. The second-order valence-corrected chi connectivity index (χ2v) is 13.3. The van der Waals surface area contributed by atoms with Crippen LogP contribution in [-0.4, -0.2) is 74.2 Å². The van der Waals surface area contributed by atoms with E-state index in [4.69, 9.17) is 16.3 Å². The lowest BCUT2D eigenvalue weighted by Crippen LogP contribution is -2.50. The molecule has 236 valence electrons. The summed E-state index contributed by atoms with van der Waals surface area (Å²) >= 11 is 5.95. The molecule has 3 atom stereocenters. The number of para-hydroxylation sites is 1. The van der Waals surface area contributed by atoms with Gasteiger partial charge in [-0.15, -0.1) is 0 Å². The Labute approximate surface area is 267 Å². The quantitative estimate of drug-likeness (QED) is 0.225. The van der Waals surface area contributed by atoms with E-state index in [0.29, 0.717) is 10.7 Å². The van der Waals surface area contributed by atoms with E-state index < -0.39 is 28.1 Å². The second kappa shape index (κ2) is 13.4. The summed E-state index contributed by atoms with van der Waals surface area (Å²) in [6.07, 6.45) is -0.658. The molecule has 5 rings (SSSR count). The maximum Gasteiger partial charge on any atom is 0.321 e. The average molecular weight is 651 g/mol. The zero-order valence-electron chi connectivity index (χ0n) is 25.1. The number of likely N-dealkylation sites (N-methyl/N-ethyl adjacent to an activating group) is 1. The molecule has 0 bridgehead atoms. The number of carbonyl (C=O) groups is 2. The van der Waals surface area contributed by atoms with Crippen LogP contribution in [0, 0.1) is 5.92 Å². The third-order valence-electron chi connectivity index (χ3n) is 7.89. The zero-order chi connectivity index (χ0) is 32.3. The molecule has 0 spiro atoms. The van der Waals surface area contributed by atoms with Crippen LogP contribution in [0.3, 0.4) is 0 Å². The normalized spacial score (nSPS) is 17.4. The number of ether oxygens (including phenoxy) is 1. The van der Waals surface area contributed by atoms with Gasteiger partial charge >= 0.3 is 6.03 Å². The molecular weight excluding hydrogens is 616 g/mol. The van der Waals surface area contributed by atoms with Crippen molar-refractivity contribution in [3.63, 3.8) is 0 Å². The Bertz CT molecular complexity index is 1810. The fraction of sp³-hybridized carbons (Fsp3) is 0.273. The highest BCUT2D eigenvalue weighted by Crippen LogP contribution is 2.36. The van der Waals surface area contributed by atoms with Gasteiger partial charge in [-0.1, -0.05) is 61.0 Å². The topological polar surface area (TPSA) is 128 Å². The van der Waals surface area contributed by atoms with E-state index in [1.54, 1.807) is 31.0 Å². The van der Waals surface area contributed by atoms with Crippen LogP contribution in [0.15, 0.2) is 89.8 Å². The first-order valence-corrected chi connectivity index (χ1v) is 16.3. The third-order valence-corrected chi connectivity index (χ3v) is 9.52. The van der Waals surface area contributed by atoms with Gasteiger partial charge < -0.3 is 25.0 Å². The smallest absolute Gasteiger partial charge is 0.321 e. The first-order valence-electron chi connectivity index (χ1n) is 14.5. The molecule has 1 aliphatic heterocycles. The van der Waals surface area contributed by atoms with Crippen molar-refractivity contribution >= 4 is 55.7 Å². The van der Waals surface area contributed by atoms with Gasteiger partial charge in [0.1, 0.15) is 6.10 Å². The number of urea groups is 1. The van der Waals surface area contributed by atoms with Gasteiger partial charge in [-0.05, 0) is 54.8 Å². The molecule has 3 amide bonds. The summed E-state index contributed by atoms with van der Waals surface area (Å²) in [4.78, 5) is 30.2. The predicted octanol–water partition coefficient (Wildman–Crippen LogP) is 5.68. The largest absolute Gasteiger partial charge is 0.485 e. The molecule has 0 unspecified atom stereocenters. The van der Waals surface area contributed by atoms with Gasteiger partial charge in [0.25, 0.3) is 15.9 Å². The first kappa shape index (κ1) is 32.1. The number of fused-ring (bicyclic) bond motifs is 2. The van der Waals surface area contributed by atoms with Crippen molar-refractivity contribution in [3.8, 4) is 5.75 Å². The number of aliphatic hydroxyl groups is 1. The minimum atomic E-state index is -4.08. The number of benzene rings is 4. The van der Waals surface area contributed by atoms with Gasteiger partial charge in [-0.3, -0.25) is 9.52 Å². The summed E-state index contributed by atoms with van der Waals surface area (Å²) in [5, 5.41) is 15.2. The van der Waals surface area contributed by atoms with E-state index in [0.717, 1.165) is 10.8 Å². The fourth-order valence-electron chi connectivity index (χ4n) is 5.26. The van der Waals surface area contributed by atoms with Gasteiger partial charge in [-0.2, -0.15) is 0 Å². The van der Waals surface area contributed by atoms with Crippen LogP contribution in [0.5, 0.6) is 5.75 Å². The zero-order valence-corrected chi connectivity index (χ0v) is 26.7. The average Bonchev–Trinajstić information content (AvgIpc) is 3.02. The minimum Gasteiger partial charge on any atom is -0.485 e. The van der Waals surface area contributed by atoms with Crippen LogP contribution in [0.2, 0.25) is 5.02 Å². The molecule has 45 heavy (non-hydrogen) atoms. The number of nitrogens with one attached hydrogen (secondary N) is 2. The van der Waals surface area contributed by atoms with Crippen molar-refractivity contribution in [1.29, 1.82) is 0 Å². The van der Waals surface area contributed by atoms with Gasteiger partial charge in [0.05, 0.1) is 41.0 Å². The maximum atomic E-state index is 13.8. The Balaban J connectivity index is 1.47. The molecule has 0 saturated carbocycles. The lowest BCUT2D eigenvalue weighted by atomic mass is 9.99. The van der Waals surface area contributed by atoms with E-state index in [1.807, 2.05) is 49.4 Å². The summed E-state index contributed by atoms with van der Waals surface area (Å²) in [5.74, 6) is -0.689. The molecule has 0 saturated heterocycles. The van der Waals surface area contributed by atoms with Gasteiger partial charge in [0.15, 0.2) is 5.75 Å². The van der Waals surface area contributed by atoms with E-state index in [1.165, 1.54) is 35.2 Å². The van der Waals surface area contributed by atoms with Crippen molar-refractivity contribution in [2.75, 3.05) is 36.8 Å². The number of anilines is 2. The lowest BCUT2D eigenvalue weighted by molar-refractivity contribution is 0.0373. The number of hydrogen-bond acceptors (Lipinski definition) is 6. The summed E-state index contributed by atoms with van der Waals surface area (Å²) in [5.41, 5.74) is 0.857. The number of rotatable bonds is 8. The Morgan fingerprint density at radius 3 is 2.44 bits per heavy atom. The third kappa shape index (κ3) is 7.00. The van der Waals surface area contributed by atoms with Crippen LogP contribution in [-0.2, 0) is 10.0 Å². The molecule has 1 aliphatic rings. The Hall–Kier alpha value is -4.32. The molecular formula is C33H35ClN4O6S. The monoisotopic (exact) mass is 650 g/mol. The standard InChI is InChI=1S/C33H35ClN4O6S/c1-21-18-38(22(2)20-39)32(40)27-11-7-13-29(36-45(42,43)25-16-14-24(34)15-17-25)31(27)44-30(21)19-37(3)33(41)35-28-12-6-9-23-8-4-5-10-26(23)28/h4-17,21-22,30,36,39H,18-20H2,1-3H3,(H,35,41)/t21-,22+,30-/m1/s1. The first-order chi connectivity index (χ1) is 21.5. The van der Waals surface area contributed by atoms with Crippen LogP contribution < -0.4 is 14.8 Å². The Kier molecular flexibility index (Phi) is 9.52. The number of halogens is 1. The van der Waals surface area contributed by atoms with Crippen molar-refractivity contribution in [2.45, 2.75) is 30.9 Å². The highest BCUT2D eigenvalue weighted by molar-refractivity contribution is 7.92. The van der Waals surface area contributed by atoms with Crippen molar-refractivity contribution < 1.29 is 27.9 Å². The molecule has 12 heteroatoms. The summed E-state index contributed by atoms with van der Waals surface area (Å²) < 4.78 is 35.7. The summed E-state index contributed by atoms with van der Waals surface area (Å²) in [6.45, 7) is 3.71. The van der Waals surface area contributed by atoms with Crippen molar-refractivity contribution in [3.05, 3.63) is 95.5 Å². The molecule has 10 nitrogen and oxygen atoms in total. The van der Waals surface area contributed by atoms with Crippen molar-refractivity contribution in [1.82, 2.24) is 9.80 Å². The van der Waals surface area contributed by atoms with E-state index >= 15 is 0 Å². The van der Waals surface area contributed by atoms with Crippen LogP contribution in [0.1, 0.15) is 24.2 Å². The predicted molar refractivity (Wildman–Crippen MR) is 175 cm³/mol. The number of amides is 3. The second-order valence-electron chi connectivity index (χ2n) is 11.2. The SMILES string of the molecule is C[C@@H]1CN([C@@H](C)CO)C(=O)c2cccc(NS(=O)(=O)c3ccc(Cl)cc3)c2O[C@@H]1CN(C)C(=O)Nc1cccc2ccccc12. The molecule has 0 fully saturated rings. The highest BCUT2D eigenvalue weighted by Gasteiger charge is 2.35. The molecule has 0 aromatic heterocycles. The van der Waals surface area contributed by atoms with Crippen molar-refractivity contribution in [2.24, 2.45) is 5.92 Å². The maximum absolute atomic E-state index is 13.8. The molecule has 4 aromatic rings. The number of carbonyl (C=O) groups excluding carboxylic acids is 2. The molecule has 0 aliphatic carbocycles. The van der Waals surface area contributed by atoms with E-state index in [9.17, 15) is 23.1 Å². The van der Waals surface area contributed by atoms with Crippen LogP contribution in [0.25, 0.3) is 10.8 Å².